The van der Waals surface area contributed by atoms with E-state index in [2.05, 4.69) is 26.1 Å². The summed E-state index contributed by atoms with van der Waals surface area (Å²) in [4.78, 5) is 26.2. The van der Waals surface area contributed by atoms with Crippen LogP contribution in [-0.4, -0.2) is 11.8 Å². The van der Waals surface area contributed by atoms with Gasteiger partial charge in [-0.2, -0.15) is 0 Å². The number of nitrogens with two attached hydrogens (primary N) is 1. The van der Waals surface area contributed by atoms with Gasteiger partial charge < -0.3 is 11.1 Å². The second-order valence-electron chi connectivity index (χ2n) is 8.20. The Morgan fingerprint density at radius 3 is 2.41 bits per heavy atom. The van der Waals surface area contributed by atoms with Crippen LogP contribution in [0.4, 0.5) is 5.00 Å². The molecule has 152 valence electrons. The fraction of sp³-hybridized carbons (Fsp3) is 0.727. The van der Waals surface area contributed by atoms with Crippen molar-refractivity contribution in [3.05, 3.63) is 16.0 Å². The Balaban J connectivity index is 2.15. The summed E-state index contributed by atoms with van der Waals surface area (Å²) in [6, 6.07) is 0. The van der Waals surface area contributed by atoms with Crippen molar-refractivity contribution < 1.29 is 9.59 Å². The summed E-state index contributed by atoms with van der Waals surface area (Å²) in [5.41, 5.74) is 7.09. The monoisotopic (exact) mass is 392 g/mol. The highest BCUT2D eigenvalue weighted by atomic mass is 32.1. The number of nitrogens with one attached hydrogen (secondary N) is 1. The van der Waals surface area contributed by atoms with Crippen LogP contribution >= 0.6 is 11.3 Å². The lowest BCUT2D eigenvalue weighted by atomic mass is 9.75. The van der Waals surface area contributed by atoms with Crippen molar-refractivity contribution in [3.63, 3.8) is 0 Å². The molecule has 5 heteroatoms. The van der Waals surface area contributed by atoms with Gasteiger partial charge in [-0.25, -0.2) is 0 Å². The van der Waals surface area contributed by atoms with E-state index in [9.17, 15) is 9.59 Å². The lowest BCUT2D eigenvalue weighted by Crippen LogP contribution is -2.31. The van der Waals surface area contributed by atoms with Crippen molar-refractivity contribution >= 4 is 28.2 Å². The smallest absolute Gasteiger partial charge is 0.251 e. The van der Waals surface area contributed by atoms with Crippen molar-refractivity contribution in [1.29, 1.82) is 0 Å². The minimum Gasteiger partial charge on any atom is -0.365 e. The SMILES string of the molecule is CCCCCc1sc(NC(=O)C(CC)C2CCC(C)CC2)c(C(N)=O)c1C. The van der Waals surface area contributed by atoms with E-state index in [0.717, 1.165) is 50.0 Å². The first-order chi connectivity index (χ1) is 12.9. The molecule has 1 aliphatic rings. The highest BCUT2D eigenvalue weighted by Crippen LogP contribution is 2.37. The minimum atomic E-state index is -0.444. The molecular formula is C22H36N2O2S. The Hall–Kier alpha value is -1.36. The predicted molar refractivity (Wildman–Crippen MR) is 114 cm³/mol. The number of anilines is 1. The van der Waals surface area contributed by atoms with Gasteiger partial charge in [-0.3, -0.25) is 9.59 Å². The third-order valence-electron chi connectivity index (χ3n) is 6.14. The molecule has 3 N–H and O–H groups in total. The Bertz CT molecular complexity index is 645. The average Bonchev–Trinajstić information content (AvgIpc) is 2.93. The number of unbranched alkanes of at least 4 members (excludes halogenated alkanes) is 2. The van der Waals surface area contributed by atoms with E-state index in [1.165, 1.54) is 35.5 Å². The van der Waals surface area contributed by atoms with Crippen LogP contribution in [0.1, 0.15) is 92.9 Å². The highest BCUT2D eigenvalue weighted by Gasteiger charge is 2.31. The van der Waals surface area contributed by atoms with Crippen molar-refractivity contribution in [1.82, 2.24) is 0 Å². The number of primary amides is 1. The molecule has 1 atom stereocenters. The second-order valence-corrected chi connectivity index (χ2v) is 9.30. The van der Waals surface area contributed by atoms with Gasteiger partial charge in [-0.1, -0.05) is 46.5 Å². The van der Waals surface area contributed by atoms with Gasteiger partial charge in [0.15, 0.2) is 0 Å². The summed E-state index contributed by atoms with van der Waals surface area (Å²) in [6.07, 6.45) is 9.88. The van der Waals surface area contributed by atoms with Crippen molar-refractivity contribution in [2.45, 2.75) is 85.5 Å². The molecule has 1 aromatic heterocycles. The van der Waals surface area contributed by atoms with Gasteiger partial charge in [-0.05, 0) is 56.4 Å². The van der Waals surface area contributed by atoms with Crippen LogP contribution in [0.5, 0.6) is 0 Å². The maximum absolute atomic E-state index is 13.0. The molecule has 1 unspecified atom stereocenters. The largest absolute Gasteiger partial charge is 0.365 e. The van der Waals surface area contributed by atoms with Gasteiger partial charge in [0.05, 0.1) is 5.56 Å². The zero-order chi connectivity index (χ0) is 20.0. The summed E-state index contributed by atoms with van der Waals surface area (Å²) in [7, 11) is 0. The lowest BCUT2D eigenvalue weighted by Gasteiger charge is -2.31. The van der Waals surface area contributed by atoms with Gasteiger partial charge in [0.1, 0.15) is 5.00 Å². The number of carbonyl (C=O) groups is 2. The molecule has 0 aromatic carbocycles. The second kappa shape index (κ2) is 10.3. The van der Waals surface area contributed by atoms with Gasteiger partial charge in [-0.15, -0.1) is 11.3 Å². The van der Waals surface area contributed by atoms with Gasteiger partial charge >= 0.3 is 0 Å². The fourth-order valence-corrected chi connectivity index (χ4v) is 5.60. The molecule has 2 rings (SSSR count). The first kappa shape index (κ1) is 21.9. The molecule has 1 saturated carbocycles. The zero-order valence-electron chi connectivity index (χ0n) is 17.4. The molecule has 4 nitrogen and oxygen atoms in total. The maximum atomic E-state index is 13.0. The van der Waals surface area contributed by atoms with E-state index in [-0.39, 0.29) is 11.8 Å². The number of carbonyl (C=O) groups excluding carboxylic acids is 2. The summed E-state index contributed by atoms with van der Waals surface area (Å²) in [5, 5.41) is 3.73. The van der Waals surface area contributed by atoms with Crippen LogP contribution in [-0.2, 0) is 11.2 Å². The molecule has 1 heterocycles. The molecule has 0 aliphatic heterocycles. The zero-order valence-corrected chi connectivity index (χ0v) is 18.2. The van der Waals surface area contributed by atoms with Crippen LogP contribution in [0.2, 0.25) is 0 Å². The Labute approximate surface area is 168 Å². The number of hydrogen-bond acceptors (Lipinski definition) is 3. The molecule has 2 amide bonds. The maximum Gasteiger partial charge on any atom is 0.251 e. The number of hydrogen-bond donors (Lipinski definition) is 2. The Morgan fingerprint density at radius 1 is 1.19 bits per heavy atom. The molecule has 0 spiro atoms. The lowest BCUT2D eigenvalue weighted by molar-refractivity contribution is -0.122. The van der Waals surface area contributed by atoms with Crippen LogP contribution < -0.4 is 11.1 Å². The van der Waals surface area contributed by atoms with E-state index >= 15 is 0 Å². The van der Waals surface area contributed by atoms with Crippen LogP contribution in [0.3, 0.4) is 0 Å². The third kappa shape index (κ3) is 5.56. The average molecular weight is 393 g/mol. The molecule has 1 aromatic rings. The van der Waals surface area contributed by atoms with Crippen LogP contribution in [0, 0.1) is 24.7 Å². The summed E-state index contributed by atoms with van der Waals surface area (Å²) >= 11 is 1.54. The van der Waals surface area contributed by atoms with E-state index in [1.807, 2.05) is 6.92 Å². The van der Waals surface area contributed by atoms with Crippen LogP contribution in [0.25, 0.3) is 0 Å². The molecular weight excluding hydrogens is 356 g/mol. The van der Waals surface area contributed by atoms with Crippen molar-refractivity contribution in [2.24, 2.45) is 23.5 Å². The van der Waals surface area contributed by atoms with E-state index < -0.39 is 5.91 Å². The normalized spacial score (nSPS) is 21.0. The number of thiophene rings is 1. The Kier molecular flexibility index (Phi) is 8.33. The van der Waals surface area contributed by atoms with Gasteiger partial charge in [0, 0.05) is 10.8 Å². The molecule has 0 saturated heterocycles. The molecule has 0 radical (unpaired) electrons. The molecule has 27 heavy (non-hydrogen) atoms. The molecule has 1 aliphatic carbocycles. The van der Waals surface area contributed by atoms with E-state index in [4.69, 9.17) is 5.73 Å². The number of rotatable bonds is 9. The van der Waals surface area contributed by atoms with Crippen LogP contribution in [0.15, 0.2) is 0 Å². The third-order valence-corrected chi connectivity index (χ3v) is 7.41. The van der Waals surface area contributed by atoms with E-state index in [1.54, 1.807) is 0 Å². The van der Waals surface area contributed by atoms with Gasteiger partial charge in [0.2, 0.25) is 5.91 Å². The predicted octanol–water partition coefficient (Wildman–Crippen LogP) is 5.68. The number of amides is 2. The summed E-state index contributed by atoms with van der Waals surface area (Å²) in [5.74, 6) is 0.854. The fourth-order valence-electron chi connectivity index (χ4n) is 4.34. The van der Waals surface area contributed by atoms with Crippen molar-refractivity contribution in [3.8, 4) is 0 Å². The highest BCUT2D eigenvalue weighted by molar-refractivity contribution is 7.17. The summed E-state index contributed by atoms with van der Waals surface area (Å²) in [6.45, 7) is 8.52. The molecule has 1 fully saturated rings. The minimum absolute atomic E-state index is 0.0178. The quantitative estimate of drug-likeness (QED) is 0.531. The topological polar surface area (TPSA) is 72.2 Å². The standard InChI is InChI=1S/C22H36N2O2S/c1-5-7-8-9-18-15(4)19(20(23)25)22(27-18)24-21(26)17(6-2)16-12-10-14(3)11-13-16/h14,16-17H,5-13H2,1-4H3,(H2,23,25)(H,24,26). The first-order valence-electron chi connectivity index (χ1n) is 10.6. The van der Waals surface area contributed by atoms with Crippen molar-refractivity contribution in [2.75, 3.05) is 5.32 Å². The molecule has 0 bridgehead atoms. The van der Waals surface area contributed by atoms with E-state index in [0.29, 0.717) is 16.5 Å². The number of aryl methyl sites for hydroxylation is 1. The Morgan fingerprint density at radius 2 is 1.85 bits per heavy atom. The van der Waals surface area contributed by atoms with Gasteiger partial charge in [0.25, 0.3) is 5.91 Å². The summed E-state index contributed by atoms with van der Waals surface area (Å²) < 4.78 is 0. The first-order valence-corrected chi connectivity index (χ1v) is 11.4.